The quantitative estimate of drug-likeness (QED) is 0.880. The van der Waals surface area contributed by atoms with Gasteiger partial charge in [-0.3, -0.25) is 0 Å². The smallest absolute Gasteiger partial charge is 0.119 e. The summed E-state index contributed by atoms with van der Waals surface area (Å²) in [6, 6.07) is 6.39. The summed E-state index contributed by atoms with van der Waals surface area (Å²) < 4.78 is 7.65. The predicted molar refractivity (Wildman–Crippen MR) is 71.6 cm³/mol. The molecule has 0 bridgehead atoms. The monoisotopic (exact) mass is 232 g/mol. The molecule has 0 unspecified atom stereocenters. The molecule has 3 nitrogen and oxygen atoms in total. The molecule has 0 amide bonds. The number of hydrogen-bond acceptors (Lipinski definition) is 2. The Morgan fingerprint density at radius 2 is 2.00 bits per heavy atom. The normalized spacial score (nSPS) is 11.1. The summed E-state index contributed by atoms with van der Waals surface area (Å²) >= 11 is 0. The number of ether oxygens (including phenoxy) is 1. The Bertz CT molecular complexity index is 528. The van der Waals surface area contributed by atoms with Crippen LogP contribution < -0.4 is 10.5 Å². The van der Waals surface area contributed by atoms with Crippen molar-refractivity contribution < 1.29 is 4.74 Å². The fourth-order valence-electron chi connectivity index (χ4n) is 2.39. The largest absolute Gasteiger partial charge is 0.497 e. The van der Waals surface area contributed by atoms with Gasteiger partial charge in [-0.1, -0.05) is 0 Å². The number of rotatable bonds is 4. The van der Waals surface area contributed by atoms with Crippen molar-refractivity contribution in [3.63, 3.8) is 0 Å². The standard InChI is InChI=1S/C14H20N2O/c1-10-7-13(17-3)9-12-8-11(2)16(14(10)12)6-4-5-15/h7-9H,4-6,15H2,1-3H3. The van der Waals surface area contributed by atoms with Crippen molar-refractivity contribution in [2.75, 3.05) is 13.7 Å². The second-order valence-corrected chi connectivity index (χ2v) is 4.46. The van der Waals surface area contributed by atoms with Crippen molar-refractivity contribution in [1.29, 1.82) is 0 Å². The van der Waals surface area contributed by atoms with Crippen LogP contribution in [-0.2, 0) is 6.54 Å². The first-order valence-electron chi connectivity index (χ1n) is 6.02. The number of hydrogen-bond donors (Lipinski definition) is 1. The molecule has 0 saturated heterocycles. The zero-order chi connectivity index (χ0) is 12.4. The minimum atomic E-state index is 0.730. The lowest BCUT2D eigenvalue weighted by molar-refractivity contribution is 0.415. The number of nitrogens with two attached hydrogens (primary N) is 1. The highest BCUT2D eigenvalue weighted by molar-refractivity contribution is 5.86. The van der Waals surface area contributed by atoms with Gasteiger partial charge in [-0.05, 0) is 50.6 Å². The third-order valence-corrected chi connectivity index (χ3v) is 3.19. The first-order chi connectivity index (χ1) is 8.17. The molecule has 0 spiro atoms. The van der Waals surface area contributed by atoms with Gasteiger partial charge in [0.2, 0.25) is 0 Å². The Labute approximate surface area is 102 Å². The second kappa shape index (κ2) is 4.80. The molecule has 3 heteroatoms. The van der Waals surface area contributed by atoms with Crippen LogP contribution in [0.25, 0.3) is 10.9 Å². The number of methoxy groups -OCH3 is 1. The van der Waals surface area contributed by atoms with Gasteiger partial charge >= 0.3 is 0 Å². The van der Waals surface area contributed by atoms with E-state index in [4.69, 9.17) is 10.5 Å². The van der Waals surface area contributed by atoms with Crippen LogP contribution in [-0.4, -0.2) is 18.2 Å². The molecule has 0 aliphatic heterocycles. The van der Waals surface area contributed by atoms with E-state index in [9.17, 15) is 0 Å². The van der Waals surface area contributed by atoms with Gasteiger partial charge in [-0.15, -0.1) is 0 Å². The van der Waals surface area contributed by atoms with Crippen LogP contribution in [0, 0.1) is 13.8 Å². The molecule has 0 radical (unpaired) electrons. The molecule has 92 valence electrons. The molecule has 0 saturated carbocycles. The summed E-state index contributed by atoms with van der Waals surface area (Å²) in [6.45, 7) is 5.99. The van der Waals surface area contributed by atoms with Gasteiger partial charge in [0.05, 0.1) is 12.6 Å². The number of aryl methyl sites for hydroxylation is 3. The second-order valence-electron chi connectivity index (χ2n) is 4.46. The van der Waals surface area contributed by atoms with E-state index in [0.29, 0.717) is 0 Å². The van der Waals surface area contributed by atoms with Crippen LogP contribution in [0.3, 0.4) is 0 Å². The van der Waals surface area contributed by atoms with Crippen molar-refractivity contribution in [3.05, 3.63) is 29.5 Å². The van der Waals surface area contributed by atoms with Crippen molar-refractivity contribution >= 4 is 10.9 Å². The minimum absolute atomic E-state index is 0.730. The highest BCUT2D eigenvalue weighted by Crippen LogP contribution is 2.28. The lowest BCUT2D eigenvalue weighted by Gasteiger charge is -2.10. The number of nitrogens with zero attached hydrogens (tertiary/aromatic N) is 1. The molecule has 1 aromatic heterocycles. The Morgan fingerprint density at radius 1 is 1.24 bits per heavy atom. The molecular weight excluding hydrogens is 212 g/mol. The zero-order valence-corrected chi connectivity index (χ0v) is 10.8. The van der Waals surface area contributed by atoms with Crippen LogP contribution in [0.15, 0.2) is 18.2 Å². The van der Waals surface area contributed by atoms with E-state index in [0.717, 1.165) is 25.3 Å². The third-order valence-electron chi connectivity index (χ3n) is 3.19. The van der Waals surface area contributed by atoms with E-state index in [1.54, 1.807) is 7.11 Å². The highest BCUT2D eigenvalue weighted by Gasteiger charge is 2.09. The number of fused-ring (bicyclic) bond motifs is 1. The summed E-state index contributed by atoms with van der Waals surface area (Å²) in [6.07, 6.45) is 1.01. The minimum Gasteiger partial charge on any atom is -0.497 e. The summed E-state index contributed by atoms with van der Waals surface area (Å²) in [5.74, 6) is 0.922. The summed E-state index contributed by atoms with van der Waals surface area (Å²) in [5, 5.41) is 1.25. The Morgan fingerprint density at radius 3 is 2.65 bits per heavy atom. The van der Waals surface area contributed by atoms with Crippen molar-refractivity contribution in [3.8, 4) is 5.75 Å². The van der Waals surface area contributed by atoms with E-state index in [1.165, 1.54) is 22.2 Å². The van der Waals surface area contributed by atoms with Gasteiger partial charge < -0.3 is 15.0 Å². The number of benzene rings is 1. The van der Waals surface area contributed by atoms with E-state index in [-0.39, 0.29) is 0 Å². The molecule has 1 aromatic carbocycles. The van der Waals surface area contributed by atoms with Gasteiger partial charge in [-0.2, -0.15) is 0 Å². The lowest BCUT2D eigenvalue weighted by atomic mass is 10.1. The van der Waals surface area contributed by atoms with E-state index in [2.05, 4.69) is 36.6 Å². The average molecular weight is 232 g/mol. The van der Waals surface area contributed by atoms with Crippen LogP contribution in [0.4, 0.5) is 0 Å². The molecule has 17 heavy (non-hydrogen) atoms. The van der Waals surface area contributed by atoms with E-state index >= 15 is 0 Å². The fraction of sp³-hybridized carbons (Fsp3) is 0.429. The fourth-order valence-corrected chi connectivity index (χ4v) is 2.39. The molecule has 1 heterocycles. The van der Waals surface area contributed by atoms with Crippen molar-refractivity contribution in [2.45, 2.75) is 26.8 Å². The highest BCUT2D eigenvalue weighted by atomic mass is 16.5. The number of aromatic nitrogens is 1. The van der Waals surface area contributed by atoms with Crippen molar-refractivity contribution in [1.82, 2.24) is 4.57 Å². The summed E-state index contributed by atoms with van der Waals surface area (Å²) in [7, 11) is 1.71. The molecule has 2 aromatic rings. The van der Waals surface area contributed by atoms with E-state index < -0.39 is 0 Å². The maximum Gasteiger partial charge on any atom is 0.119 e. The third kappa shape index (κ3) is 2.15. The van der Waals surface area contributed by atoms with E-state index in [1.807, 2.05) is 0 Å². The SMILES string of the molecule is COc1cc(C)c2c(c1)cc(C)n2CCCN. The zero-order valence-electron chi connectivity index (χ0n) is 10.8. The van der Waals surface area contributed by atoms with Gasteiger partial charge in [-0.25, -0.2) is 0 Å². The lowest BCUT2D eigenvalue weighted by Crippen LogP contribution is -2.07. The summed E-state index contributed by atoms with van der Waals surface area (Å²) in [4.78, 5) is 0. The molecule has 0 aliphatic rings. The first-order valence-corrected chi connectivity index (χ1v) is 6.02. The average Bonchev–Trinajstić information content (AvgIpc) is 2.62. The summed E-state index contributed by atoms with van der Waals surface area (Å²) in [5.41, 5.74) is 9.43. The van der Waals surface area contributed by atoms with Crippen molar-refractivity contribution in [2.24, 2.45) is 5.73 Å². The molecule has 0 aliphatic carbocycles. The molecule has 2 N–H and O–H groups in total. The van der Waals surface area contributed by atoms with Crippen LogP contribution >= 0.6 is 0 Å². The Balaban J connectivity index is 2.56. The van der Waals surface area contributed by atoms with Crippen LogP contribution in [0.5, 0.6) is 5.75 Å². The molecule has 0 atom stereocenters. The van der Waals surface area contributed by atoms with Crippen LogP contribution in [0.2, 0.25) is 0 Å². The Hall–Kier alpha value is -1.48. The maximum atomic E-state index is 5.59. The predicted octanol–water partition coefficient (Wildman–Crippen LogP) is 2.62. The molecule has 0 fully saturated rings. The first kappa shape index (κ1) is 12.0. The molecular formula is C14H20N2O. The van der Waals surface area contributed by atoms with Gasteiger partial charge in [0.15, 0.2) is 0 Å². The van der Waals surface area contributed by atoms with Gasteiger partial charge in [0, 0.05) is 17.6 Å². The topological polar surface area (TPSA) is 40.2 Å². The van der Waals surface area contributed by atoms with Gasteiger partial charge in [0.1, 0.15) is 5.75 Å². The molecule has 2 rings (SSSR count). The Kier molecular flexibility index (Phi) is 3.38. The van der Waals surface area contributed by atoms with Gasteiger partial charge in [0.25, 0.3) is 0 Å². The van der Waals surface area contributed by atoms with Crippen LogP contribution in [0.1, 0.15) is 17.7 Å². The maximum absolute atomic E-state index is 5.59.